The average molecular weight is 400 g/mol. The van der Waals surface area contributed by atoms with E-state index >= 15 is 0 Å². The molecule has 2 bridgehead atoms. The third-order valence-corrected chi connectivity index (χ3v) is 6.62. The van der Waals surface area contributed by atoms with Crippen LogP contribution in [0.5, 0.6) is 0 Å². The second-order valence-corrected chi connectivity index (χ2v) is 8.62. The Balaban J connectivity index is 1.37. The van der Waals surface area contributed by atoms with Crippen molar-refractivity contribution < 1.29 is 14.0 Å². The average Bonchev–Trinajstić information content (AvgIpc) is 3.11. The lowest BCUT2D eigenvalue weighted by molar-refractivity contribution is -0.114. The maximum atomic E-state index is 12.7. The number of benzene rings is 1. The molecule has 3 fully saturated rings. The van der Waals surface area contributed by atoms with Crippen molar-refractivity contribution in [3.63, 3.8) is 0 Å². The Labute approximate surface area is 169 Å². The van der Waals surface area contributed by atoms with Crippen LogP contribution in [-0.2, 0) is 4.79 Å². The molecule has 2 unspecified atom stereocenters. The van der Waals surface area contributed by atoms with Crippen LogP contribution in [0.3, 0.4) is 0 Å². The van der Waals surface area contributed by atoms with Crippen LogP contribution in [0.1, 0.15) is 37.0 Å². The lowest BCUT2D eigenvalue weighted by Gasteiger charge is -2.49. The maximum Gasteiger partial charge on any atom is 0.251 e. The number of carbonyl (C=O) groups excluding carboxylic acids is 2. The summed E-state index contributed by atoms with van der Waals surface area (Å²) in [5, 5.41) is 6.56. The summed E-state index contributed by atoms with van der Waals surface area (Å²) in [4.78, 5) is 27.2. The molecule has 0 spiro atoms. The number of nitrogens with one attached hydrogen (secondary N) is 2. The van der Waals surface area contributed by atoms with Crippen LogP contribution in [0.15, 0.2) is 50.8 Å². The van der Waals surface area contributed by atoms with Crippen LogP contribution in [0, 0.1) is 5.92 Å². The van der Waals surface area contributed by atoms with Gasteiger partial charge in [0.1, 0.15) is 0 Å². The number of carbonyl (C=O) groups is 2. The number of nitrogens with zero attached hydrogens (tertiary/aromatic N) is 1. The van der Waals surface area contributed by atoms with Crippen molar-refractivity contribution in [3.8, 4) is 0 Å². The molecule has 0 radical (unpaired) electrons. The highest BCUT2D eigenvalue weighted by Gasteiger charge is 2.40. The summed E-state index contributed by atoms with van der Waals surface area (Å²) in [5.74, 6) is 0.847. The molecule has 28 heavy (non-hydrogen) atoms. The molecule has 2 aromatic rings. The van der Waals surface area contributed by atoms with Crippen LogP contribution < -0.4 is 10.6 Å². The molecule has 6 nitrogen and oxygen atoms in total. The van der Waals surface area contributed by atoms with Gasteiger partial charge in [-0.25, -0.2) is 0 Å². The lowest BCUT2D eigenvalue weighted by atomic mass is 9.79. The fourth-order valence-corrected chi connectivity index (χ4v) is 4.96. The minimum atomic E-state index is -0.168. The van der Waals surface area contributed by atoms with E-state index in [1.165, 1.54) is 31.5 Å². The Bertz CT molecular complexity index is 854. The first-order valence-electron chi connectivity index (χ1n) is 9.70. The SMILES string of the molecule is CC(=O)Nc1ccc(Sc2ccc(C(=O)NC3C4CCN(CC4)C3C)cc2)o1. The summed E-state index contributed by atoms with van der Waals surface area (Å²) in [6, 6.07) is 11.7. The molecule has 7 heteroatoms. The number of hydrogen-bond donors (Lipinski definition) is 2. The molecule has 1 aromatic carbocycles. The third kappa shape index (κ3) is 4.10. The number of amides is 2. The van der Waals surface area contributed by atoms with E-state index in [4.69, 9.17) is 4.42 Å². The van der Waals surface area contributed by atoms with E-state index in [0.29, 0.717) is 28.5 Å². The summed E-state index contributed by atoms with van der Waals surface area (Å²) >= 11 is 1.45. The van der Waals surface area contributed by atoms with Gasteiger partial charge in [0.15, 0.2) is 5.09 Å². The first kappa shape index (κ1) is 19.1. The van der Waals surface area contributed by atoms with Crippen LogP contribution in [0.25, 0.3) is 0 Å². The molecule has 2 N–H and O–H groups in total. The van der Waals surface area contributed by atoms with Gasteiger partial charge >= 0.3 is 0 Å². The van der Waals surface area contributed by atoms with Crippen molar-refractivity contribution in [2.24, 2.45) is 5.92 Å². The summed E-state index contributed by atoms with van der Waals surface area (Å²) in [6.07, 6.45) is 2.35. The van der Waals surface area contributed by atoms with Crippen LogP contribution in [-0.4, -0.2) is 41.9 Å². The van der Waals surface area contributed by atoms with Crippen molar-refractivity contribution >= 4 is 29.5 Å². The zero-order chi connectivity index (χ0) is 19.7. The summed E-state index contributed by atoms with van der Waals surface area (Å²) in [6.45, 7) is 5.96. The molecule has 4 heterocycles. The van der Waals surface area contributed by atoms with Crippen LogP contribution in [0.4, 0.5) is 5.88 Å². The van der Waals surface area contributed by atoms with Crippen LogP contribution >= 0.6 is 11.8 Å². The van der Waals surface area contributed by atoms with E-state index in [0.717, 1.165) is 18.0 Å². The highest BCUT2D eigenvalue weighted by atomic mass is 32.2. The van der Waals surface area contributed by atoms with E-state index in [1.807, 2.05) is 30.3 Å². The minimum absolute atomic E-state index is 0.00640. The maximum absolute atomic E-state index is 12.7. The number of hydrogen-bond acceptors (Lipinski definition) is 5. The largest absolute Gasteiger partial charge is 0.434 e. The van der Waals surface area contributed by atoms with E-state index in [9.17, 15) is 9.59 Å². The molecule has 3 aliphatic rings. The molecule has 3 aliphatic heterocycles. The molecule has 3 saturated heterocycles. The molecular weight excluding hydrogens is 374 g/mol. The zero-order valence-electron chi connectivity index (χ0n) is 16.1. The lowest BCUT2D eigenvalue weighted by Crippen LogP contribution is -2.62. The number of piperidine rings is 3. The Kier molecular flexibility index (Phi) is 5.46. The molecular formula is C21H25N3O3S. The molecule has 148 valence electrons. The second kappa shape index (κ2) is 8.01. The standard InChI is InChI=1S/C21H25N3O3S/c1-13-20(15-9-11-24(13)12-10-15)23-21(26)16-3-5-17(6-4-16)28-19-8-7-18(27-19)22-14(2)25/h3-8,13,15,20H,9-12H2,1-2H3,(H,22,25)(H,23,26). The molecule has 0 aliphatic carbocycles. The van der Waals surface area contributed by atoms with E-state index in [2.05, 4.69) is 22.5 Å². The predicted molar refractivity (Wildman–Crippen MR) is 109 cm³/mol. The number of fused-ring (bicyclic) bond motifs is 3. The van der Waals surface area contributed by atoms with E-state index in [1.54, 1.807) is 6.07 Å². The summed E-state index contributed by atoms with van der Waals surface area (Å²) < 4.78 is 5.56. The van der Waals surface area contributed by atoms with Gasteiger partial charge in [0, 0.05) is 35.5 Å². The first-order chi connectivity index (χ1) is 13.5. The van der Waals surface area contributed by atoms with Crippen molar-refractivity contribution in [2.45, 2.75) is 48.8 Å². The summed E-state index contributed by atoms with van der Waals surface area (Å²) in [7, 11) is 0. The Morgan fingerprint density at radius 1 is 1.11 bits per heavy atom. The quantitative estimate of drug-likeness (QED) is 0.804. The highest BCUT2D eigenvalue weighted by molar-refractivity contribution is 7.99. The number of furan rings is 1. The smallest absolute Gasteiger partial charge is 0.251 e. The van der Waals surface area contributed by atoms with Crippen molar-refractivity contribution in [2.75, 3.05) is 18.4 Å². The molecule has 2 atom stereocenters. The first-order valence-corrected chi connectivity index (χ1v) is 10.5. The Hall–Kier alpha value is -2.25. The fraction of sp³-hybridized carbons (Fsp3) is 0.429. The number of anilines is 1. The van der Waals surface area contributed by atoms with Gasteiger partial charge in [-0.3, -0.25) is 19.8 Å². The van der Waals surface area contributed by atoms with Gasteiger partial charge < -0.3 is 9.73 Å². The predicted octanol–water partition coefficient (Wildman–Crippen LogP) is 3.60. The van der Waals surface area contributed by atoms with E-state index < -0.39 is 0 Å². The van der Waals surface area contributed by atoms with Crippen molar-refractivity contribution in [1.82, 2.24) is 10.2 Å². The van der Waals surface area contributed by atoms with Crippen molar-refractivity contribution in [3.05, 3.63) is 42.0 Å². The van der Waals surface area contributed by atoms with Gasteiger partial charge in [-0.15, -0.1) is 0 Å². The van der Waals surface area contributed by atoms with Crippen LogP contribution in [0.2, 0.25) is 0 Å². The summed E-state index contributed by atoms with van der Waals surface area (Å²) in [5.41, 5.74) is 0.673. The molecule has 0 saturated carbocycles. The third-order valence-electron chi connectivity index (χ3n) is 5.69. The van der Waals surface area contributed by atoms with Gasteiger partial charge in [-0.2, -0.15) is 0 Å². The monoisotopic (exact) mass is 399 g/mol. The number of rotatable bonds is 5. The van der Waals surface area contributed by atoms with Gasteiger partial charge in [0.05, 0.1) is 0 Å². The van der Waals surface area contributed by atoms with Crippen molar-refractivity contribution in [1.29, 1.82) is 0 Å². The topological polar surface area (TPSA) is 74.6 Å². The normalized spacial score (nSPS) is 26.1. The van der Waals surface area contributed by atoms with E-state index in [-0.39, 0.29) is 17.9 Å². The van der Waals surface area contributed by atoms with Gasteiger partial charge in [-0.05, 0) is 69.1 Å². The zero-order valence-corrected chi connectivity index (χ0v) is 16.9. The molecule has 5 rings (SSSR count). The Morgan fingerprint density at radius 2 is 1.82 bits per heavy atom. The fourth-order valence-electron chi connectivity index (χ4n) is 4.19. The van der Waals surface area contributed by atoms with Gasteiger partial charge in [0.2, 0.25) is 11.8 Å². The highest BCUT2D eigenvalue weighted by Crippen LogP contribution is 2.33. The molecule has 1 aromatic heterocycles. The molecule has 2 amide bonds. The second-order valence-electron chi connectivity index (χ2n) is 7.54. The van der Waals surface area contributed by atoms with Gasteiger partial charge in [0.25, 0.3) is 5.91 Å². The van der Waals surface area contributed by atoms with Gasteiger partial charge in [-0.1, -0.05) is 11.8 Å². The minimum Gasteiger partial charge on any atom is -0.434 e. The Morgan fingerprint density at radius 3 is 2.46 bits per heavy atom.